The van der Waals surface area contributed by atoms with Crippen LogP contribution in [-0.2, 0) is 6.61 Å². The molecule has 0 unspecified atom stereocenters. The third-order valence-corrected chi connectivity index (χ3v) is 4.57. The Balaban J connectivity index is 1.71. The minimum Gasteiger partial charge on any atom is -0.489 e. The first-order valence-electron chi connectivity index (χ1n) is 9.16. The molecular formula is C22H24N2O3. The molecule has 0 radical (unpaired) electrons. The summed E-state index contributed by atoms with van der Waals surface area (Å²) in [6.45, 7) is 7.58. The van der Waals surface area contributed by atoms with Crippen LogP contribution in [0.25, 0.3) is 11.3 Å². The van der Waals surface area contributed by atoms with Crippen molar-refractivity contribution >= 4 is 5.91 Å². The van der Waals surface area contributed by atoms with Crippen LogP contribution in [0.4, 0.5) is 0 Å². The number of aromatic nitrogens is 1. The summed E-state index contributed by atoms with van der Waals surface area (Å²) in [6.07, 6.45) is 0. The van der Waals surface area contributed by atoms with Gasteiger partial charge in [-0.15, -0.1) is 0 Å². The van der Waals surface area contributed by atoms with Gasteiger partial charge in [-0.05, 0) is 45.0 Å². The lowest BCUT2D eigenvalue weighted by Crippen LogP contribution is -2.30. The van der Waals surface area contributed by atoms with E-state index >= 15 is 0 Å². The second-order valence-electron chi connectivity index (χ2n) is 6.22. The highest BCUT2D eigenvalue weighted by Crippen LogP contribution is 2.26. The van der Waals surface area contributed by atoms with Crippen LogP contribution in [0.3, 0.4) is 0 Å². The molecule has 1 amide bonds. The monoisotopic (exact) mass is 364 g/mol. The number of carbonyl (C=O) groups is 1. The number of benzene rings is 2. The molecule has 3 aromatic rings. The Morgan fingerprint density at radius 2 is 1.70 bits per heavy atom. The smallest absolute Gasteiger partial charge is 0.253 e. The van der Waals surface area contributed by atoms with Gasteiger partial charge >= 0.3 is 0 Å². The Morgan fingerprint density at radius 1 is 1.04 bits per heavy atom. The molecule has 0 atom stereocenters. The number of rotatable bonds is 7. The summed E-state index contributed by atoms with van der Waals surface area (Å²) in [5.41, 5.74) is 3.37. The standard InChI is InChI=1S/C22H24N2O3/c1-4-24(5-2)22(25)18-11-13-19(14-12-18)26-15-20-16(3)27-23-21(20)17-9-7-6-8-10-17/h6-14H,4-5,15H2,1-3H3. The summed E-state index contributed by atoms with van der Waals surface area (Å²) in [5.74, 6) is 1.47. The zero-order valence-electron chi connectivity index (χ0n) is 15.9. The van der Waals surface area contributed by atoms with Gasteiger partial charge in [-0.3, -0.25) is 4.79 Å². The van der Waals surface area contributed by atoms with Gasteiger partial charge in [0.15, 0.2) is 0 Å². The van der Waals surface area contributed by atoms with Gasteiger partial charge in [0, 0.05) is 24.2 Å². The number of ether oxygens (including phenoxy) is 1. The highest BCUT2D eigenvalue weighted by Gasteiger charge is 2.16. The first-order chi connectivity index (χ1) is 13.1. The van der Waals surface area contributed by atoms with E-state index in [1.54, 1.807) is 17.0 Å². The minimum absolute atomic E-state index is 0.0350. The van der Waals surface area contributed by atoms with Crippen LogP contribution < -0.4 is 4.74 Å². The number of aryl methyl sites for hydroxylation is 1. The van der Waals surface area contributed by atoms with Crippen molar-refractivity contribution in [2.75, 3.05) is 13.1 Å². The highest BCUT2D eigenvalue weighted by molar-refractivity contribution is 5.94. The van der Waals surface area contributed by atoms with E-state index < -0.39 is 0 Å². The third kappa shape index (κ3) is 4.19. The van der Waals surface area contributed by atoms with Crippen molar-refractivity contribution < 1.29 is 14.1 Å². The molecule has 5 nitrogen and oxygen atoms in total. The van der Waals surface area contributed by atoms with Gasteiger partial charge in [-0.1, -0.05) is 35.5 Å². The molecule has 1 aromatic heterocycles. The van der Waals surface area contributed by atoms with Crippen LogP contribution in [0.15, 0.2) is 59.1 Å². The SMILES string of the molecule is CCN(CC)C(=O)c1ccc(OCc2c(-c3ccccc3)noc2C)cc1. The van der Waals surface area contributed by atoms with E-state index in [2.05, 4.69) is 5.16 Å². The quantitative estimate of drug-likeness (QED) is 0.609. The maximum absolute atomic E-state index is 12.4. The number of nitrogens with zero attached hydrogens (tertiary/aromatic N) is 2. The third-order valence-electron chi connectivity index (χ3n) is 4.57. The molecule has 0 bridgehead atoms. The molecule has 0 N–H and O–H groups in total. The van der Waals surface area contributed by atoms with Crippen molar-refractivity contribution in [2.24, 2.45) is 0 Å². The van der Waals surface area contributed by atoms with E-state index in [-0.39, 0.29) is 5.91 Å². The van der Waals surface area contributed by atoms with Gasteiger partial charge < -0.3 is 14.2 Å². The maximum Gasteiger partial charge on any atom is 0.253 e. The molecule has 5 heteroatoms. The Kier molecular flexibility index (Phi) is 5.91. The van der Waals surface area contributed by atoms with Gasteiger partial charge in [-0.2, -0.15) is 0 Å². The summed E-state index contributed by atoms with van der Waals surface area (Å²) in [7, 11) is 0. The van der Waals surface area contributed by atoms with Crippen LogP contribution in [0, 0.1) is 6.92 Å². The molecule has 0 aliphatic rings. The number of hydrogen-bond donors (Lipinski definition) is 0. The van der Waals surface area contributed by atoms with Crippen molar-refractivity contribution in [3.8, 4) is 17.0 Å². The Labute approximate surface area is 159 Å². The van der Waals surface area contributed by atoms with Crippen LogP contribution in [0.2, 0.25) is 0 Å². The van der Waals surface area contributed by atoms with Crippen LogP contribution in [-0.4, -0.2) is 29.1 Å². The van der Waals surface area contributed by atoms with Crippen molar-refractivity contribution in [1.29, 1.82) is 0 Å². The lowest BCUT2D eigenvalue weighted by molar-refractivity contribution is 0.0773. The van der Waals surface area contributed by atoms with Gasteiger partial charge in [0.25, 0.3) is 5.91 Å². The molecule has 27 heavy (non-hydrogen) atoms. The molecule has 140 valence electrons. The van der Waals surface area contributed by atoms with Crippen molar-refractivity contribution in [1.82, 2.24) is 10.1 Å². The van der Waals surface area contributed by atoms with E-state index in [0.717, 1.165) is 22.6 Å². The molecule has 2 aromatic carbocycles. The Morgan fingerprint density at radius 3 is 2.33 bits per heavy atom. The normalized spacial score (nSPS) is 10.6. The zero-order chi connectivity index (χ0) is 19.2. The first-order valence-corrected chi connectivity index (χ1v) is 9.16. The first kappa shape index (κ1) is 18.7. The number of amides is 1. The Bertz CT molecular complexity index is 882. The highest BCUT2D eigenvalue weighted by atomic mass is 16.5. The van der Waals surface area contributed by atoms with E-state index in [4.69, 9.17) is 9.26 Å². The minimum atomic E-state index is 0.0350. The van der Waals surface area contributed by atoms with Crippen LogP contribution in [0.5, 0.6) is 5.75 Å². The van der Waals surface area contributed by atoms with Crippen molar-refractivity contribution in [3.63, 3.8) is 0 Å². The molecule has 0 aliphatic carbocycles. The number of carbonyl (C=O) groups excluding carboxylic acids is 1. The summed E-state index contributed by atoms with van der Waals surface area (Å²) in [5, 5.41) is 4.17. The lowest BCUT2D eigenvalue weighted by atomic mass is 10.1. The molecular weight excluding hydrogens is 340 g/mol. The molecule has 0 fully saturated rings. The number of hydrogen-bond acceptors (Lipinski definition) is 4. The average molecular weight is 364 g/mol. The molecule has 0 saturated carbocycles. The lowest BCUT2D eigenvalue weighted by Gasteiger charge is -2.18. The second kappa shape index (κ2) is 8.54. The van der Waals surface area contributed by atoms with Crippen LogP contribution >= 0.6 is 0 Å². The summed E-state index contributed by atoms with van der Waals surface area (Å²) in [6, 6.07) is 17.1. The van der Waals surface area contributed by atoms with Gasteiger partial charge in [0.2, 0.25) is 0 Å². The van der Waals surface area contributed by atoms with Gasteiger partial charge in [0.05, 0.1) is 5.56 Å². The molecule has 0 aliphatic heterocycles. The fourth-order valence-corrected chi connectivity index (χ4v) is 2.93. The van der Waals surface area contributed by atoms with E-state index in [1.165, 1.54) is 0 Å². The van der Waals surface area contributed by atoms with E-state index in [1.807, 2.05) is 63.2 Å². The van der Waals surface area contributed by atoms with E-state index in [0.29, 0.717) is 31.0 Å². The molecule has 1 heterocycles. The summed E-state index contributed by atoms with van der Waals surface area (Å²) < 4.78 is 11.3. The van der Waals surface area contributed by atoms with Crippen molar-refractivity contribution in [3.05, 3.63) is 71.5 Å². The van der Waals surface area contributed by atoms with Crippen molar-refractivity contribution in [2.45, 2.75) is 27.4 Å². The van der Waals surface area contributed by atoms with E-state index in [9.17, 15) is 4.79 Å². The topological polar surface area (TPSA) is 55.6 Å². The molecule has 0 spiro atoms. The van der Waals surface area contributed by atoms with Crippen LogP contribution in [0.1, 0.15) is 35.5 Å². The molecule has 0 saturated heterocycles. The fraction of sp³-hybridized carbons (Fsp3) is 0.273. The largest absolute Gasteiger partial charge is 0.489 e. The zero-order valence-corrected chi connectivity index (χ0v) is 15.9. The predicted molar refractivity (Wildman–Crippen MR) is 105 cm³/mol. The summed E-state index contributed by atoms with van der Waals surface area (Å²) in [4.78, 5) is 14.2. The predicted octanol–water partition coefficient (Wildman–Crippen LogP) is 4.71. The van der Waals surface area contributed by atoms with Gasteiger partial charge in [0.1, 0.15) is 23.8 Å². The average Bonchev–Trinajstić information content (AvgIpc) is 3.08. The maximum atomic E-state index is 12.4. The Hall–Kier alpha value is -3.08. The van der Waals surface area contributed by atoms with Gasteiger partial charge in [-0.25, -0.2) is 0 Å². The second-order valence-corrected chi connectivity index (χ2v) is 6.22. The fourth-order valence-electron chi connectivity index (χ4n) is 2.93. The summed E-state index contributed by atoms with van der Waals surface area (Å²) >= 11 is 0. The molecule has 3 rings (SSSR count).